The number of nitrogens with zero attached hydrogens (tertiary/aromatic N) is 1. The lowest BCUT2D eigenvalue weighted by molar-refractivity contribution is -0.137. The molecular formula is C11H4Cl2F4N2O2. The van der Waals surface area contributed by atoms with Gasteiger partial charge in [-0.2, -0.15) is 17.6 Å². The summed E-state index contributed by atoms with van der Waals surface area (Å²) in [6.07, 6.45) is -4.65. The summed E-state index contributed by atoms with van der Waals surface area (Å²) in [6.45, 7) is 0. The second-order valence-electron chi connectivity index (χ2n) is 3.86. The third kappa shape index (κ3) is 2.81. The third-order valence-electron chi connectivity index (χ3n) is 2.52. The number of halogens is 6. The Kier molecular flexibility index (Phi) is 3.85. The predicted molar refractivity (Wildman–Crippen MR) is 67.6 cm³/mol. The first kappa shape index (κ1) is 15.6. The fourth-order valence-electron chi connectivity index (χ4n) is 1.57. The van der Waals surface area contributed by atoms with E-state index in [2.05, 4.69) is 0 Å². The standard InChI is InChI=1S/C11H4Cl2F4N2O2/c12-5-3-4(11(15,16)17)1-2-6(5)19-9(20)7(14)8(13)18-10(19)21/h1-3H,(H,18,21). The summed E-state index contributed by atoms with van der Waals surface area (Å²) in [5.41, 5.74) is -4.03. The fourth-order valence-corrected chi connectivity index (χ4v) is 2.00. The smallest absolute Gasteiger partial charge is 0.295 e. The molecule has 1 aromatic heterocycles. The van der Waals surface area contributed by atoms with E-state index in [0.717, 1.165) is 6.07 Å². The van der Waals surface area contributed by atoms with Gasteiger partial charge in [-0.25, -0.2) is 9.36 Å². The van der Waals surface area contributed by atoms with E-state index >= 15 is 0 Å². The molecule has 0 saturated carbocycles. The molecule has 112 valence electrons. The van der Waals surface area contributed by atoms with Gasteiger partial charge in [0.1, 0.15) is 0 Å². The van der Waals surface area contributed by atoms with Crippen LogP contribution in [0.2, 0.25) is 10.2 Å². The van der Waals surface area contributed by atoms with Crippen LogP contribution in [0.15, 0.2) is 27.8 Å². The molecule has 0 saturated heterocycles. The molecule has 0 aliphatic carbocycles. The first-order chi connectivity index (χ1) is 9.62. The van der Waals surface area contributed by atoms with E-state index in [4.69, 9.17) is 23.2 Å². The highest BCUT2D eigenvalue weighted by Gasteiger charge is 2.31. The molecule has 0 radical (unpaired) electrons. The Labute approximate surface area is 123 Å². The second kappa shape index (κ2) is 5.19. The molecule has 0 fully saturated rings. The zero-order valence-corrected chi connectivity index (χ0v) is 11.3. The third-order valence-corrected chi connectivity index (χ3v) is 3.08. The van der Waals surface area contributed by atoms with Crippen molar-refractivity contribution in [2.45, 2.75) is 6.18 Å². The number of rotatable bonds is 1. The van der Waals surface area contributed by atoms with Gasteiger partial charge in [0.25, 0.3) is 5.56 Å². The van der Waals surface area contributed by atoms with E-state index in [9.17, 15) is 27.2 Å². The molecule has 1 aromatic carbocycles. The molecule has 0 bridgehead atoms. The van der Waals surface area contributed by atoms with Gasteiger partial charge < -0.3 is 0 Å². The summed E-state index contributed by atoms with van der Waals surface area (Å²) in [5, 5.41) is -1.34. The molecule has 0 unspecified atom stereocenters. The van der Waals surface area contributed by atoms with Crippen LogP contribution in [0.25, 0.3) is 5.69 Å². The van der Waals surface area contributed by atoms with Crippen LogP contribution in [0.4, 0.5) is 17.6 Å². The van der Waals surface area contributed by atoms with Crippen molar-refractivity contribution in [3.63, 3.8) is 0 Å². The topological polar surface area (TPSA) is 54.9 Å². The van der Waals surface area contributed by atoms with E-state index in [1.807, 2.05) is 4.98 Å². The normalized spacial score (nSPS) is 11.7. The average molecular weight is 343 g/mol. The monoisotopic (exact) mass is 342 g/mol. The molecule has 1 heterocycles. The SMILES string of the molecule is O=c1[nH]c(Cl)c(F)c(=O)n1-c1ccc(C(F)(F)F)cc1Cl. The van der Waals surface area contributed by atoms with E-state index in [1.54, 1.807) is 0 Å². The van der Waals surface area contributed by atoms with Crippen molar-refractivity contribution < 1.29 is 17.6 Å². The molecule has 1 N–H and O–H groups in total. The number of hydrogen-bond acceptors (Lipinski definition) is 2. The number of aromatic amines is 1. The van der Waals surface area contributed by atoms with Crippen molar-refractivity contribution in [3.8, 4) is 5.69 Å². The number of benzene rings is 1. The zero-order chi connectivity index (χ0) is 15.9. The van der Waals surface area contributed by atoms with Gasteiger partial charge in [0.2, 0.25) is 5.82 Å². The lowest BCUT2D eigenvalue weighted by Crippen LogP contribution is -2.36. The Hall–Kier alpha value is -1.80. The lowest BCUT2D eigenvalue weighted by atomic mass is 10.2. The maximum Gasteiger partial charge on any atom is 0.416 e. The molecule has 2 aromatic rings. The maximum absolute atomic E-state index is 13.4. The van der Waals surface area contributed by atoms with Crippen molar-refractivity contribution in [3.05, 3.63) is 60.6 Å². The van der Waals surface area contributed by atoms with E-state index in [0.29, 0.717) is 12.1 Å². The van der Waals surface area contributed by atoms with Gasteiger partial charge in [-0.15, -0.1) is 0 Å². The van der Waals surface area contributed by atoms with Crippen LogP contribution in [0.5, 0.6) is 0 Å². The molecule has 0 amide bonds. The number of aromatic nitrogens is 2. The van der Waals surface area contributed by atoms with Crippen molar-refractivity contribution in [2.75, 3.05) is 0 Å². The minimum atomic E-state index is -4.65. The van der Waals surface area contributed by atoms with Crippen molar-refractivity contribution in [1.82, 2.24) is 9.55 Å². The van der Waals surface area contributed by atoms with Gasteiger partial charge in [0.15, 0.2) is 5.15 Å². The number of nitrogens with one attached hydrogen (secondary N) is 1. The predicted octanol–water partition coefficient (Wildman–Crippen LogP) is 2.99. The molecule has 21 heavy (non-hydrogen) atoms. The summed E-state index contributed by atoms with van der Waals surface area (Å²) in [6, 6.07) is 1.92. The highest BCUT2D eigenvalue weighted by Crippen LogP contribution is 2.32. The van der Waals surface area contributed by atoms with Gasteiger partial charge in [-0.1, -0.05) is 23.2 Å². The van der Waals surface area contributed by atoms with Crippen molar-refractivity contribution in [2.24, 2.45) is 0 Å². The summed E-state index contributed by atoms with van der Waals surface area (Å²) < 4.78 is 51.2. The van der Waals surface area contributed by atoms with Gasteiger partial charge in [0.05, 0.1) is 16.3 Å². The summed E-state index contributed by atoms with van der Waals surface area (Å²) in [4.78, 5) is 25.1. The molecule has 4 nitrogen and oxygen atoms in total. The minimum absolute atomic E-state index is 0.254. The average Bonchev–Trinajstić information content (AvgIpc) is 2.37. The zero-order valence-electron chi connectivity index (χ0n) is 9.76. The molecule has 10 heteroatoms. The van der Waals surface area contributed by atoms with Crippen molar-refractivity contribution >= 4 is 23.2 Å². The summed E-state index contributed by atoms with van der Waals surface area (Å²) in [7, 11) is 0. The van der Waals surface area contributed by atoms with Crippen molar-refractivity contribution in [1.29, 1.82) is 0 Å². The van der Waals surface area contributed by atoms with Crippen LogP contribution < -0.4 is 11.2 Å². The Morgan fingerprint density at radius 1 is 1.14 bits per heavy atom. The number of alkyl halides is 3. The summed E-state index contributed by atoms with van der Waals surface area (Å²) >= 11 is 10.9. The van der Waals surface area contributed by atoms with Gasteiger partial charge in [-0.3, -0.25) is 9.78 Å². The first-order valence-corrected chi connectivity index (χ1v) is 5.96. The first-order valence-electron chi connectivity index (χ1n) is 5.20. The largest absolute Gasteiger partial charge is 0.416 e. The van der Waals surface area contributed by atoms with Crippen LogP contribution in [-0.4, -0.2) is 9.55 Å². The lowest BCUT2D eigenvalue weighted by Gasteiger charge is -2.11. The molecular weight excluding hydrogens is 339 g/mol. The Balaban J connectivity index is 2.73. The highest BCUT2D eigenvalue weighted by atomic mass is 35.5. The van der Waals surface area contributed by atoms with Gasteiger partial charge in [0, 0.05) is 0 Å². The van der Waals surface area contributed by atoms with Crippen LogP contribution in [0.1, 0.15) is 5.56 Å². The second-order valence-corrected chi connectivity index (χ2v) is 4.65. The quantitative estimate of drug-likeness (QED) is 0.639. The van der Waals surface area contributed by atoms with E-state index in [-0.39, 0.29) is 4.57 Å². The Bertz CT molecular complexity index is 826. The van der Waals surface area contributed by atoms with Crippen LogP contribution in [-0.2, 0) is 6.18 Å². The van der Waals surface area contributed by atoms with Gasteiger partial charge in [-0.05, 0) is 18.2 Å². The van der Waals surface area contributed by atoms with E-state index < -0.39 is 44.7 Å². The maximum atomic E-state index is 13.4. The molecule has 0 aliphatic rings. The minimum Gasteiger partial charge on any atom is -0.295 e. The van der Waals surface area contributed by atoms with Crippen LogP contribution >= 0.6 is 23.2 Å². The number of H-pyrrole nitrogens is 1. The fraction of sp³-hybridized carbons (Fsp3) is 0.0909. The van der Waals surface area contributed by atoms with Crippen LogP contribution in [0, 0.1) is 5.82 Å². The van der Waals surface area contributed by atoms with E-state index in [1.165, 1.54) is 0 Å². The molecule has 2 rings (SSSR count). The molecule has 0 aliphatic heterocycles. The summed E-state index contributed by atoms with van der Waals surface area (Å²) in [5.74, 6) is -1.45. The van der Waals surface area contributed by atoms with Gasteiger partial charge >= 0.3 is 11.9 Å². The molecule has 0 spiro atoms. The number of hydrogen-bond donors (Lipinski definition) is 1. The van der Waals surface area contributed by atoms with Crippen LogP contribution in [0.3, 0.4) is 0 Å². The Morgan fingerprint density at radius 2 is 1.76 bits per heavy atom. The molecule has 0 atom stereocenters. The highest BCUT2D eigenvalue weighted by molar-refractivity contribution is 6.32. The Morgan fingerprint density at radius 3 is 2.29 bits per heavy atom.